The topological polar surface area (TPSA) is 96.0 Å². The van der Waals surface area contributed by atoms with Gasteiger partial charge < -0.3 is 5.32 Å². The van der Waals surface area contributed by atoms with E-state index in [9.17, 15) is 13.2 Å². The highest BCUT2D eigenvalue weighted by atomic mass is 35.5. The van der Waals surface area contributed by atoms with Gasteiger partial charge in [-0.25, -0.2) is 13.1 Å². The lowest BCUT2D eigenvalue weighted by molar-refractivity contribution is 0.601. The molecule has 0 fully saturated rings. The first kappa shape index (κ1) is 21.5. The molecule has 4 aromatic rings. The lowest BCUT2D eigenvalue weighted by Gasteiger charge is -2.08. The number of halogens is 1. The number of sulfonamides is 1. The number of nitrogens with one attached hydrogen (secondary N) is 3. The number of H-pyrrole nitrogens is 1. The molecule has 0 spiro atoms. The number of anilines is 2. The van der Waals surface area contributed by atoms with Crippen molar-refractivity contribution in [2.24, 2.45) is 0 Å². The van der Waals surface area contributed by atoms with E-state index in [2.05, 4.69) is 21.7 Å². The summed E-state index contributed by atoms with van der Waals surface area (Å²) in [5.74, 6) is 0. The summed E-state index contributed by atoms with van der Waals surface area (Å²) in [6.07, 6.45) is 1.52. The third-order valence-corrected chi connectivity index (χ3v) is 6.28. The Morgan fingerprint density at radius 1 is 0.938 bits per heavy atom. The molecule has 1 heterocycles. The van der Waals surface area contributed by atoms with E-state index in [0.717, 1.165) is 0 Å². The van der Waals surface area contributed by atoms with Crippen molar-refractivity contribution < 1.29 is 8.42 Å². The molecule has 3 N–H and O–H groups in total. The first-order valence-corrected chi connectivity index (χ1v) is 11.4. The van der Waals surface area contributed by atoms with Gasteiger partial charge >= 0.3 is 0 Å². The van der Waals surface area contributed by atoms with Crippen molar-refractivity contribution in [1.29, 1.82) is 0 Å². The zero-order valence-corrected chi connectivity index (χ0v) is 18.3. The number of hydrogen-bond acceptors (Lipinski definition) is 4. The van der Waals surface area contributed by atoms with Gasteiger partial charge in [-0.1, -0.05) is 42.4 Å². The molecule has 4 rings (SSSR count). The molecule has 0 unspecified atom stereocenters. The summed E-state index contributed by atoms with van der Waals surface area (Å²) >= 11 is 6.01. The van der Waals surface area contributed by atoms with Crippen LogP contribution < -0.4 is 26.2 Å². The number of aromatic nitrogens is 2. The fraction of sp³-hybridized carbons (Fsp3) is 0. The zero-order valence-electron chi connectivity index (χ0n) is 16.7. The molecule has 0 aliphatic rings. The van der Waals surface area contributed by atoms with E-state index in [1.54, 1.807) is 66.7 Å². The lowest BCUT2D eigenvalue weighted by Crippen LogP contribution is -2.34. The van der Waals surface area contributed by atoms with E-state index in [1.807, 2.05) is 0 Å². The van der Waals surface area contributed by atoms with E-state index in [0.29, 0.717) is 32.7 Å². The molecular weight excluding hydrogens is 448 g/mol. The molecular formula is C23H19ClN4O3S. The molecule has 162 valence electrons. The van der Waals surface area contributed by atoms with E-state index in [1.165, 1.54) is 23.0 Å². The van der Waals surface area contributed by atoms with Gasteiger partial charge in [0.15, 0.2) is 0 Å². The Morgan fingerprint density at radius 2 is 1.66 bits per heavy atom. The standard InChI is InChI=1S/C23H19ClN4O3S/c1-16-22(23(29)28(26-16)20-9-5-6-17(24)14-20)15-25-18-10-12-21(13-11-18)32(30,31)27-19-7-3-2-4-8-19/h2-15,25-27H,1H2. The predicted octanol–water partition coefficient (Wildman–Crippen LogP) is 2.88. The Hall–Kier alpha value is -3.75. The van der Waals surface area contributed by atoms with Gasteiger partial charge in [0.25, 0.3) is 15.6 Å². The first-order chi connectivity index (χ1) is 15.3. The van der Waals surface area contributed by atoms with E-state index >= 15 is 0 Å². The highest BCUT2D eigenvalue weighted by molar-refractivity contribution is 7.92. The Kier molecular flexibility index (Phi) is 5.89. The number of benzene rings is 3. The van der Waals surface area contributed by atoms with E-state index in [-0.39, 0.29) is 10.5 Å². The molecule has 32 heavy (non-hydrogen) atoms. The Morgan fingerprint density at radius 3 is 2.34 bits per heavy atom. The molecule has 0 saturated heterocycles. The molecule has 3 aromatic carbocycles. The van der Waals surface area contributed by atoms with Crippen molar-refractivity contribution in [3.05, 3.63) is 105 Å². The van der Waals surface area contributed by atoms with Crippen molar-refractivity contribution in [1.82, 2.24) is 9.78 Å². The van der Waals surface area contributed by atoms with Crippen LogP contribution in [0.5, 0.6) is 0 Å². The van der Waals surface area contributed by atoms with Crippen LogP contribution in [0.25, 0.3) is 18.5 Å². The summed E-state index contributed by atoms with van der Waals surface area (Å²) in [5.41, 5.74) is 1.39. The van der Waals surface area contributed by atoms with Crippen molar-refractivity contribution in [2.75, 3.05) is 10.0 Å². The van der Waals surface area contributed by atoms with Crippen LogP contribution in [-0.4, -0.2) is 18.2 Å². The minimum absolute atomic E-state index is 0.120. The normalized spacial score (nSPS) is 12.0. The maximum absolute atomic E-state index is 12.8. The monoisotopic (exact) mass is 466 g/mol. The largest absolute Gasteiger partial charge is 0.361 e. The molecule has 1 aromatic heterocycles. The number of rotatable bonds is 6. The van der Waals surface area contributed by atoms with Gasteiger partial charge in [0.1, 0.15) is 0 Å². The summed E-state index contributed by atoms with van der Waals surface area (Å²) in [6, 6.07) is 21.7. The zero-order chi connectivity index (χ0) is 22.7. The molecule has 0 aliphatic heterocycles. The fourth-order valence-electron chi connectivity index (χ4n) is 3.05. The second-order valence-corrected chi connectivity index (χ2v) is 9.03. The molecule has 0 aliphatic carbocycles. The van der Waals surface area contributed by atoms with Crippen LogP contribution in [0.3, 0.4) is 0 Å². The van der Waals surface area contributed by atoms with Crippen LogP contribution in [0, 0.1) is 0 Å². The molecule has 0 amide bonds. The minimum Gasteiger partial charge on any atom is -0.361 e. The highest BCUT2D eigenvalue weighted by Gasteiger charge is 2.13. The minimum atomic E-state index is -3.71. The molecule has 0 radical (unpaired) electrons. The summed E-state index contributed by atoms with van der Waals surface area (Å²) < 4.78 is 29.0. The fourth-order valence-corrected chi connectivity index (χ4v) is 4.29. The SMILES string of the molecule is C=c1[nH]n(-c2cccc(Cl)c2)c(=O)c1=CNc1ccc(S(=O)(=O)Nc2ccccc2)cc1. The maximum Gasteiger partial charge on any atom is 0.280 e. The molecule has 9 heteroatoms. The average Bonchev–Trinajstić information content (AvgIpc) is 3.06. The summed E-state index contributed by atoms with van der Waals surface area (Å²) in [7, 11) is -3.71. The number of aromatic amines is 1. The molecule has 0 saturated carbocycles. The Balaban J connectivity index is 1.56. The van der Waals surface area contributed by atoms with Gasteiger partial charge in [0.05, 0.1) is 21.2 Å². The van der Waals surface area contributed by atoms with Crippen molar-refractivity contribution in [3.63, 3.8) is 0 Å². The van der Waals surface area contributed by atoms with Crippen LogP contribution in [0.4, 0.5) is 11.4 Å². The van der Waals surface area contributed by atoms with Gasteiger partial charge in [0, 0.05) is 22.6 Å². The maximum atomic E-state index is 12.8. The molecule has 7 nitrogen and oxygen atoms in total. The third kappa shape index (κ3) is 4.61. The summed E-state index contributed by atoms with van der Waals surface area (Å²) in [6.45, 7) is 3.88. The number of para-hydroxylation sites is 1. The summed E-state index contributed by atoms with van der Waals surface area (Å²) in [4.78, 5) is 12.9. The van der Waals surface area contributed by atoms with Crippen molar-refractivity contribution in [3.8, 4) is 5.69 Å². The highest BCUT2D eigenvalue weighted by Crippen LogP contribution is 2.18. The average molecular weight is 467 g/mol. The number of nitrogens with zero attached hydrogens (tertiary/aromatic N) is 1. The van der Waals surface area contributed by atoms with Crippen molar-refractivity contribution in [2.45, 2.75) is 4.90 Å². The van der Waals surface area contributed by atoms with Crippen LogP contribution in [-0.2, 0) is 10.0 Å². The Labute approximate surface area is 189 Å². The van der Waals surface area contributed by atoms with Crippen LogP contribution in [0.15, 0.2) is 88.6 Å². The second-order valence-electron chi connectivity index (χ2n) is 6.91. The second kappa shape index (κ2) is 8.78. The third-order valence-electron chi connectivity index (χ3n) is 4.65. The summed E-state index contributed by atoms with van der Waals surface area (Å²) in [5, 5.41) is 7.20. The van der Waals surface area contributed by atoms with Crippen LogP contribution >= 0.6 is 11.6 Å². The van der Waals surface area contributed by atoms with E-state index in [4.69, 9.17) is 11.6 Å². The van der Waals surface area contributed by atoms with Gasteiger partial charge in [-0.3, -0.25) is 14.6 Å². The quantitative estimate of drug-likeness (QED) is 0.407. The molecule has 0 bridgehead atoms. The van der Waals surface area contributed by atoms with Gasteiger partial charge in [-0.2, -0.15) is 0 Å². The predicted molar refractivity (Wildman–Crippen MR) is 128 cm³/mol. The van der Waals surface area contributed by atoms with Gasteiger partial charge in [-0.15, -0.1) is 0 Å². The Bertz CT molecular complexity index is 1530. The smallest absolute Gasteiger partial charge is 0.280 e. The van der Waals surface area contributed by atoms with Crippen molar-refractivity contribution >= 4 is 45.8 Å². The number of hydrogen-bond donors (Lipinski definition) is 3. The lowest BCUT2D eigenvalue weighted by atomic mass is 10.3. The van der Waals surface area contributed by atoms with Gasteiger partial charge in [-0.05, 0) is 54.6 Å². The van der Waals surface area contributed by atoms with Crippen LogP contribution in [0.1, 0.15) is 0 Å². The molecule has 0 atom stereocenters. The first-order valence-electron chi connectivity index (χ1n) is 9.54. The van der Waals surface area contributed by atoms with Gasteiger partial charge in [0.2, 0.25) is 0 Å². The van der Waals surface area contributed by atoms with Crippen LogP contribution in [0.2, 0.25) is 5.02 Å². The van der Waals surface area contributed by atoms with E-state index < -0.39 is 10.0 Å².